The summed E-state index contributed by atoms with van der Waals surface area (Å²) >= 11 is 3.39. The fourth-order valence-corrected chi connectivity index (χ4v) is 5.30. The molecule has 1 saturated heterocycles. The average molecular weight is 375 g/mol. The number of piperidine rings is 1. The van der Waals surface area contributed by atoms with Crippen molar-refractivity contribution in [2.45, 2.75) is 44.0 Å². The highest BCUT2D eigenvalue weighted by atomic mass is 79.9. The average Bonchev–Trinajstić information content (AvgIpc) is 2.45. The SMILES string of the molecule is CCCN(C1CCNCC1)S(=O)(=O)c1ccc(Br)cc1C. The quantitative estimate of drug-likeness (QED) is 0.861. The molecule has 1 fully saturated rings. The molecule has 0 saturated carbocycles. The maximum atomic E-state index is 13.0. The number of aryl methyl sites for hydroxylation is 1. The van der Waals surface area contributed by atoms with Gasteiger partial charge in [0.05, 0.1) is 4.90 Å². The zero-order valence-electron chi connectivity index (χ0n) is 12.6. The van der Waals surface area contributed by atoms with Gasteiger partial charge in [0.15, 0.2) is 0 Å². The van der Waals surface area contributed by atoms with Crippen molar-refractivity contribution in [1.29, 1.82) is 0 Å². The van der Waals surface area contributed by atoms with Gasteiger partial charge in [-0.2, -0.15) is 4.31 Å². The van der Waals surface area contributed by atoms with E-state index in [9.17, 15) is 8.42 Å². The van der Waals surface area contributed by atoms with E-state index in [0.29, 0.717) is 11.4 Å². The molecule has 118 valence electrons. The van der Waals surface area contributed by atoms with Crippen LogP contribution in [0.3, 0.4) is 0 Å². The van der Waals surface area contributed by atoms with Crippen molar-refractivity contribution in [3.63, 3.8) is 0 Å². The van der Waals surface area contributed by atoms with E-state index in [1.54, 1.807) is 16.4 Å². The summed E-state index contributed by atoms with van der Waals surface area (Å²) in [6.45, 7) is 6.24. The van der Waals surface area contributed by atoms with Gasteiger partial charge in [-0.15, -0.1) is 0 Å². The first kappa shape index (κ1) is 16.9. The molecule has 21 heavy (non-hydrogen) atoms. The number of nitrogens with one attached hydrogen (secondary N) is 1. The van der Waals surface area contributed by atoms with Crippen molar-refractivity contribution < 1.29 is 8.42 Å². The van der Waals surface area contributed by atoms with Crippen molar-refractivity contribution in [2.75, 3.05) is 19.6 Å². The molecule has 0 amide bonds. The second-order valence-electron chi connectivity index (χ2n) is 5.51. The van der Waals surface area contributed by atoms with Crippen molar-refractivity contribution in [3.05, 3.63) is 28.2 Å². The van der Waals surface area contributed by atoms with Crippen molar-refractivity contribution in [1.82, 2.24) is 9.62 Å². The highest BCUT2D eigenvalue weighted by Crippen LogP contribution is 2.27. The molecule has 0 radical (unpaired) electrons. The molecule has 1 aliphatic heterocycles. The standard InChI is InChI=1S/C15H23BrN2O2S/c1-3-10-18(14-6-8-17-9-7-14)21(19,20)15-5-4-13(16)11-12(15)2/h4-5,11,14,17H,3,6-10H2,1-2H3. The fourth-order valence-electron chi connectivity index (χ4n) is 2.84. The highest BCUT2D eigenvalue weighted by Gasteiger charge is 2.32. The third-order valence-corrected chi connectivity index (χ3v) is 6.49. The Morgan fingerprint density at radius 3 is 2.57 bits per heavy atom. The third kappa shape index (κ3) is 3.86. The lowest BCUT2D eigenvalue weighted by molar-refractivity contribution is 0.262. The molecule has 1 aliphatic rings. The lowest BCUT2D eigenvalue weighted by Gasteiger charge is -2.34. The maximum Gasteiger partial charge on any atom is 0.243 e. The topological polar surface area (TPSA) is 49.4 Å². The molecule has 1 N–H and O–H groups in total. The molecule has 1 heterocycles. The number of nitrogens with zero attached hydrogens (tertiary/aromatic N) is 1. The summed E-state index contributed by atoms with van der Waals surface area (Å²) in [5.41, 5.74) is 0.791. The first-order chi connectivity index (χ1) is 9.96. The fraction of sp³-hybridized carbons (Fsp3) is 0.600. The molecule has 0 aromatic heterocycles. The smallest absolute Gasteiger partial charge is 0.243 e. The summed E-state index contributed by atoms with van der Waals surface area (Å²) in [6, 6.07) is 5.48. The van der Waals surface area contributed by atoms with Gasteiger partial charge < -0.3 is 5.32 Å². The van der Waals surface area contributed by atoms with E-state index < -0.39 is 10.0 Å². The molecule has 0 spiro atoms. The zero-order valence-corrected chi connectivity index (χ0v) is 15.0. The molecule has 0 atom stereocenters. The van der Waals surface area contributed by atoms with Gasteiger partial charge in [0, 0.05) is 17.1 Å². The summed E-state index contributed by atoms with van der Waals surface area (Å²) in [5, 5.41) is 3.29. The Morgan fingerprint density at radius 1 is 1.33 bits per heavy atom. The Balaban J connectivity index is 2.36. The molecule has 0 unspecified atom stereocenters. The Hall–Kier alpha value is -0.430. The van der Waals surface area contributed by atoms with Crippen LogP contribution in [0.2, 0.25) is 0 Å². The highest BCUT2D eigenvalue weighted by molar-refractivity contribution is 9.10. The van der Waals surface area contributed by atoms with Crippen molar-refractivity contribution >= 4 is 26.0 Å². The van der Waals surface area contributed by atoms with Crippen LogP contribution >= 0.6 is 15.9 Å². The molecule has 2 rings (SSSR count). The van der Waals surface area contributed by atoms with E-state index in [0.717, 1.165) is 42.4 Å². The minimum Gasteiger partial charge on any atom is -0.317 e. The van der Waals surface area contributed by atoms with Crippen LogP contribution in [0.4, 0.5) is 0 Å². The van der Waals surface area contributed by atoms with Gasteiger partial charge in [0.25, 0.3) is 0 Å². The van der Waals surface area contributed by atoms with Crippen LogP contribution < -0.4 is 5.32 Å². The van der Waals surface area contributed by atoms with E-state index in [1.807, 2.05) is 19.9 Å². The Labute approximate surface area is 136 Å². The first-order valence-corrected chi connectivity index (χ1v) is 9.69. The number of hydrogen-bond acceptors (Lipinski definition) is 3. The number of halogens is 1. The largest absolute Gasteiger partial charge is 0.317 e. The van der Waals surface area contributed by atoms with Gasteiger partial charge >= 0.3 is 0 Å². The Morgan fingerprint density at radius 2 is 2.00 bits per heavy atom. The molecule has 1 aromatic rings. The number of rotatable bonds is 5. The van der Waals surface area contributed by atoms with E-state index in [-0.39, 0.29) is 6.04 Å². The van der Waals surface area contributed by atoms with Crippen LogP contribution in [-0.2, 0) is 10.0 Å². The molecule has 1 aromatic carbocycles. The van der Waals surface area contributed by atoms with Crippen LogP contribution in [-0.4, -0.2) is 38.4 Å². The molecule has 6 heteroatoms. The lowest BCUT2D eigenvalue weighted by atomic mass is 10.1. The van der Waals surface area contributed by atoms with Gasteiger partial charge in [-0.25, -0.2) is 8.42 Å². The molecule has 0 bridgehead atoms. The van der Waals surface area contributed by atoms with Crippen LogP contribution in [0, 0.1) is 6.92 Å². The molecular weight excluding hydrogens is 352 g/mol. The van der Waals surface area contributed by atoms with Gasteiger partial charge in [0.1, 0.15) is 0 Å². The van der Waals surface area contributed by atoms with Crippen LogP contribution in [0.15, 0.2) is 27.6 Å². The van der Waals surface area contributed by atoms with Gasteiger partial charge in [-0.3, -0.25) is 0 Å². The maximum absolute atomic E-state index is 13.0. The first-order valence-electron chi connectivity index (χ1n) is 7.45. The second-order valence-corrected chi connectivity index (χ2v) is 8.28. The summed E-state index contributed by atoms with van der Waals surface area (Å²) in [5.74, 6) is 0. The van der Waals surface area contributed by atoms with E-state index >= 15 is 0 Å². The van der Waals surface area contributed by atoms with Gasteiger partial charge in [-0.1, -0.05) is 22.9 Å². The number of benzene rings is 1. The second kappa shape index (κ2) is 7.22. The summed E-state index contributed by atoms with van der Waals surface area (Å²) in [6.07, 6.45) is 2.60. The summed E-state index contributed by atoms with van der Waals surface area (Å²) < 4.78 is 28.7. The molecular formula is C15H23BrN2O2S. The Kier molecular flexibility index (Phi) is 5.82. The lowest BCUT2D eigenvalue weighted by Crippen LogP contribution is -2.46. The third-order valence-electron chi connectivity index (χ3n) is 3.88. The zero-order chi connectivity index (χ0) is 15.5. The summed E-state index contributed by atoms with van der Waals surface area (Å²) in [4.78, 5) is 0.428. The Bertz CT molecular complexity index is 583. The molecule has 4 nitrogen and oxygen atoms in total. The number of hydrogen-bond donors (Lipinski definition) is 1. The van der Waals surface area contributed by atoms with Gasteiger partial charge in [-0.05, 0) is 63.0 Å². The van der Waals surface area contributed by atoms with Crippen molar-refractivity contribution in [2.24, 2.45) is 0 Å². The predicted octanol–water partition coefficient (Wildman–Crippen LogP) is 2.91. The van der Waals surface area contributed by atoms with E-state index in [4.69, 9.17) is 0 Å². The van der Waals surface area contributed by atoms with Gasteiger partial charge in [0.2, 0.25) is 10.0 Å². The van der Waals surface area contributed by atoms with Crippen LogP contribution in [0.5, 0.6) is 0 Å². The minimum absolute atomic E-state index is 0.110. The normalized spacial score (nSPS) is 17.3. The predicted molar refractivity (Wildman–Crippen MR) is 89.0 cm³/mol. The minimum atomic E-state index is -3.43. The van der Waals surface area contributed by atoms with Crippen molar-refractivity contribution in [3.8, 4) is 0 Å². The van der Waals surface area contributed by atoms with E-state index in [1.165, 1.54) is 0 Å². The molecule has 0 aliphatic carbocycles. The van der Waals surface area contributed by atoms with Crippen LogP contribution in [0.1, 0.15) is 31.7 Å². The van der Waals surface area contributed by atoms with Crippen LogP contribution in [0.25, 0.3) is 0 Å². The van der Waals surface area contributed by atoms with E-state index in [2.05, 4.69) is 21.2 Å². The monoisotopic (exact) mass is 374 g/mol. The number of sulfonamides is 1. The summed E-state index contributed by atoms with van der Waals surface area (Å²) in [7, 11) is -3.43.